The SMILES string of the molecule is CCCCCCCCCC/C=C\CCCCCCCCCCCCCCCCCCCCCCCCCCCC(=O)OC(CO)COC(=O)CCCCCCCCCCCCCC. The number of carbonyl (C=O) groups excluding carboxylic acids is 2. The largest absolute Gasteiger partial charge is 0.462 e. The average molecular weight is 890 g/mol. The summed E-state index contributed by atoms with van der Waals surface area (Å²) in [5.74, 6) is -0.571. The van der Waals surface area contributed by atoms with Crippen LogP contribution in [0, 0.1) is 0 Å². The summed E-state index contributed by atoms with van der Waals surface area (Å²) in [6.07, 6.45) is 67.9. The highest BCUT2D eigenvalue weighted by Gasteiger charge is 2.16. The van der Waals surface area contributed by atoms with Gasteiger partial charge in [-0.3, -0.25) is 9.59 Å². The van der Waals surface area contributed by atoms with Gasteiger partial charge in [0.15, 0.2) is 6.10 Å². The van der Waals surface area contributed by atoms with Crippen molar-refractivity contribution < 1.29 is 24.2 Å². The van der Waals surface area contributed by atoms with E-state index in [1.165, 1.54) is 270 Å². The van der Waals surface area contributed by atoms with E-state index >= 15 is 0 Å². The maximum absolute atomic E-state index is 12.3. The average Bonchev–Trinajstić information content (AvgIpc) is 3.29. The van der Waals surface area contributed by atoms with Crippen molar-refractivity contribution in [2.45, 2.75) is 335 Å². The summed E-state index contributed by atoms with van der Waals surface area (Å²) in [6.45, 7) is 4.18. The number of ether oxygens (including phenoxy) is 2. The fourth-order valence-electron chi connectivity index (χ4n) is 8.97. The molecule has 0 aromatic carbocycles. The molecule has 0 aliphatic heterocycles. The van der Waals surface area contributed by atoms with Gasteiger partial charge < -0.3 is 14.6 Å². The Morgan fingerprint density at radius 2 is 0.587 bits per heavy atom. The molecular weight excluding hydrogens is 777 g/mol. The van der Waals surface area contributed by atoms with Gasteiger partial charge >= 0.3 is 11.9 Å². The monoisotopic (exact) mass is 889 g/mol. The molecule has 1 unspecified atom stereocenters. The van der Waals surface area contributed by atoms with Crippen LogP contribution in [-0.4, -0.2) is 36.4 Å². The molecule has 0 heterocycles. The standard InChI is InChI=1S/C58H112O5/c1-3-5-7-9-11-13-15-17-18-19-20-21-22-23-24-25-26-27-28-29-30-31-32-33-34-35-36-37-38-39-40-41-43-45-47-49-51-53-58(61)63-56(54-59)55-62-57(60)52-50-48-46-44-42-16-14-12-10-8-6-4-2/h19-20,56,59H,3-18,21-55H2,1-2H3/b20-19-. The maximum atomic E-state index is 12.3. The van der Waals surface area contributed by atoms with Crippen molar-refractivity contribution in [1.82, 2.24) is 0 Å². The van der Waals surface area contributed by atoms with E-state index in [1.54, 1.807) is 0 Å². The summed E-state index contributed by atoms with van der Waals surface area (Å²) < 4.78 is 10.7. The molecule has 5 nitrogen and oxygen atoms in total. The first-order valence-electron chi connectivity index (χ1n) is 28.7. The molecule has 0 aromatic heterocycles. The number of allylic oxidation sites excluding steroid dienone is 2. The van der Waals surface area contributed by atoms with Crippen LogP contribution in [0.15, 0.2) is 12.2 Å². The zero-order valence-electron chi connectivity index (χ0n) is 42.9. The normalized spacial score (nSPS) is 12.1. The summed E-state index contributed by atoms with van der Waals surface area (Å²) in [5, 5.41) is 9.61. The number of unbranched alkanes of at least 4 members (excludes halogenated alkanes) is 44. The number of rotatable bonds is 54. The van der Waals surface area contributed by atoms with Gasteiger partial charge in [-0.2, -0.15) is 0 Å². The third-order valence-corrected chi connectivity index (χ3v) is 13.3. The van der Waals surface area contributed by atoms with E-state index in [1.807, 2.05) is 0 Å². The van der Waals surface area contributed by atoms with Gasteiger partial charge in [0.1, 0.15) is 6.61 Å². The first-order chi connectivity index (χ1) is 31.1. The number of aliphatic hydroxyl groups excluding tert-OH is 1. The second kappa shape index (κ2) is 55.0. The molecule has 1 atom stereocenters. The Labute approximate surface area is 394 Å². The molecule has 1 N–H and O–H groups in total. The van der Waals surface area contributed by atoms with Crippen molar-refractivity contribution in [3.8, 4) is 0 Å². The van der Waals surface area contributed by atoms with Gasteiger partial charge in [0, 0.05) is 12.8 Å². The van der Waals surface area contributed by atoms with E-state index in [-0.39, 0.29) is 25.2 Å². The highest BCUT2D eigenvalue weighted by molar-refractivity contribution is 5.70. The predicted octanol–water partition coefficient (Wildman–Crippen LogP) is 19.1. The lowest BCUT2D eigenvalue weighted by atomic mass is 10.0. The zero-order valence-corrected chi connectivity index (χ0v) is 42.9. The second-order valence-electron chi connectivity index (χ2n) is 19.7. The molecule has 0 saturated carbocycles. The van der Waals surface area contributed by atoms with E-state index < -0.39 is 6.10 Å². The van der Waals surface area contributed by atoms with Crippen molar-refractivity contribution in [2.75, 3.05) is 13.2 Å². The van der Waals surface area contributed by atoms with Crippen LogP contribution in [0.3, 0.4) is 0 Å². The molecule has 0 aromatic rings. The molecular formula is C58H112O5. The van der Waals surface area contributed by atoms with Gasteiger partial charge in [0.05, 0.1) is 6.61 Å². The molecule has 0 spiro atoms. The minimum atomic E-state index is -0.764. The summed E-state index contributed by atoms with van der Waals surface area (Å²) in [6, 6.07) is 0. The van der Waals surface area contributed by atoms with Crippen LogP contribution in [0.25, 0.3) is 0 Å². The number of esters is 2. The van der Waals surface area contributed by atoms with E-state index in [0.717, 1.165) is 32.1 Å². The second-order valence-corrected chi connectivity index (χ2v) is 19.7. The van der Waals surface area contributed by atoms with Crippen molar-refractivity contribution in [2.24, 2.45) is 0 Å². The number of hydrogen-bond donors (Lipinski definition) is 1. The van der Waals surface area contributed by atoms with Crippen molar-refractivity contribution in [3.05, 3.63) is 12.2 Å². The molecule has 0 fully saturated rings. The van der Waals surface area contributed by atoms with Gasteiger partial charge in [-0.25, -0.2) is 0 Å². The summed E-state index contributed by atoms with van der Waals surface area (Å²) >= 11 is 0. The molecule has 0 amide bonds. The van der Waals surface area contributed by atoms with Crippen LogP contribution in [0.2, 0.25) is 0 Å². The van der Waals surface area contributed by atoms with Crippen LogP contribution in [0.1, 0.15) is 328 Å². The Kier molecular flexibility index (Phi) is 53.8. The summed E-state index contributed by atoms with van der Waals surface area (Å²) in [4.78, 5) is 24.4. The van der Waals surface area contributed by atoms with Crippen LogP contribution < -0.4 is 0 Å². The third-order valence-electron chi connectivity index (χ3n) is 13.3. The number of carbonyl (C=O) groups is 2. The van der Waals surface area contributed by atoms with Crippen molar-refractivity contribution in [3.63, 3.8) is 0 Å². The molecule has 0 bridgehead atoms. The Hall–Kier alpha value is -1.36. The van der Waals surface area contributed by atoms with E-state index in [2.05, 4.69) is 26.0 Å². The fourth-order valence-corrected chi connectivity index (χ4v) is 8.97. The lowest BCUT2D eigenvalue weighted by Gasteiger charge is -2.15. The van der Waals surface area contributed by atoms with Gasteiger partial charge in [0.2, 0.25) is 0 Å². The third kappa shape index (κ3) is 53.1. The number of aliphatic hydroxyl groups is 1. The molecule has 0 aliphatic carbocycles. The lowest BCUT2D eigenvalue weighted by Crippen LogP contribution is -2.28. The molecule has 0 radical (unpaired) electrons. The summed E-state index contributed by atoms with van der Waals surface area (Å²) in [7, 11) is 0. The van der Waals surface area contributed by atoms with E-state index in [9.17, 15) is 14.7 Å². The van der Waals surface area contributed by atoms with Crippen LogP contribution >= 0.6 is 0 Å². The fraction of sp³-hybridized carbons (Fsp3) is 0.931. The topological polar surface area (TPSA) is 72.8 Å². The molecule has 5 heteroatoms. The Bertz CT molecular complexity index is 917. The van der Waals surface area contributed by atoms with Gasteiger partial charge in [-0.15, -0.1) is 0 Å². The predicted molar refractivity (Wildman–Crippen MR) is 275 cm³/mol. The highest BCUT2D eigenvalue weighted by atomic mass is 16.6. The molecule has 0 saturated heterocycles. The molecule has 374 valence electrons. The minimum absolute atomic E-state index is 0.0574. The Morgan fingerprint density at radius 1 is 0.349 bits per heavy atom. The first kappa shape index (κ1) is 61.6. The quantitative estimate of drug-likeness (QED) is 0.0374. The van der Waals surface area contributed by atoms with Crippen LogP contribution in [-0.2, 0) is 19.1 Å². The molecule has 63 heavy (non-hydrogen) atoms. The molecule has 0 rings (SSSR count). The zero-order chi connectivity index (χ0) is 45.6. The van der Waals surface area contributed by atoms with Gasteiger partial charge in [-0.05, 0) is 38.5 Å². The Morgan fingerprint density at radius 3 is 0.857 bits per heavy atom. The Balaban J connectivity index is 3.33. The van der Waals surface area contributed by atoms with Gasteiger partial charge in [0.25, 0.3) is 0 Å². The lowest BCUT2D eigenvalue weighted by molar-refractivity contribution is -0.161. The minimum Gasteiger partial charge on any atom is -0.462 e. The summed E-state index contributed by atoms with van der Waals surface area (Å²) in [5.41, 5.74) is 0. The van der Waals surface area contributed by atoms with Crippen molar-refractivity contribution in [1.29, 1.82) is 0 Å². The smallest absolute Gasteiger partial charge is 0.306 e. The van der Waals surface area contributed by atoms with Gasteiger partial charge in [-0.1, -0.05) is 289 Å². The van der Waals surface area contributed by atoms with E-state index in [0.29, 0.717) is 12.8 Å². The molecule has 0 aliphatic rings. The first-order valence-corrected chi connectivity index (χ1v) is 28.7. The number of hydrogen-bond acceptors (Lipinski definition) is 5. The highest BCUT2D eigenvalue weighted by Crippen LogP contribution is 2.18. The van der Waals surface area contributed by atoms with Crippen LogP contribution in [0.5, 0.6) is 0 Å². The maximum Gasteiger partial charge on any atom is 0.306 e. The van der Waals surface area contributed by atoms with Crippen LogP contribution in [0.4, 0.5) is 0 Å². The van der Waals surface area contributed by atoms with Crippen molar-refractivity contribution >= 4 is 11.9 Å². The van der Waals surface area contributed by atoms with E-state index in [4.69, 9.17) is 9.47 Å².